The molecule has 8 heteroatoms. The van der Waals surface area contributed by atoms with E-state index in [1.165, 1.54) is 22.3 Å². The number of anilines is 1. The second-order valence-electron chi connectivity index (χ2n) is 5.31. The van der Waals surface area contributed by atoms with Crippen molar-refractivity contribution in [3.05, 3.63) is 51.7 Å². The fraction of sp³-hybridized carbons (Fsp3) is 0.188. The van der Waals surface area contributed by atoms with E-state index in [0.717, 1.165) is 21.7 Å². The summed E-state index contributed by atoms with van der Waals surface area (Å²) in [5, 5.41) is 23.7. The molecule has 3 aromatic rings. The summed E-state index contributed by atoms with van der Waals surface area (Å²) in [6, 6.07) is 7.42. The van der Waals surface area contributed by atoms with Crippen molar-refractivity contribution in [1.29, 1.82) is 5.26 Å². The minimum atomic E-state index is -0.251. The number of carbonyl (C=O) groups is 1. The number of hydrogen-bond acceptors (Lipinski definition) is 6. The molecule has 0 atom stereocenters. The highest BCUT2D eigenvalue weighted by Gasteiger charge is 2.16. The van der Waals surface area contributed by atoms with Gasteiger partial charge < -0.3 is 5.32 Å². The van der Waals surface area contributed by atoms with Crippen LogP contribution in [0.4, 0.5) is 5.00 Å². The molecule has 0 radical (unpaired) electrons. The maximum atomic E-state index is 12.5. The average molecular weight is 338 g/mol. The maximum Gasteiger partial charge on any atom is 0.256 e. The predicted molar refractivity (Wildman–Crippen MR) is 90.4 cm³/mol. The first-order chi connectivity index (χ1) is 11.5. The van der Waals surface area contributed by atoms with Gasteiger partial charge in [0.05, 0.1) is 11.3 Å². The lowest BCUT2D eigenvalue weighted by atomic mass is 10.1. The zero-order valence-corrected chi connectivity index (χ0v) is 14.2. The molecule has 0 unspecified atom stereocenters. The van der Waals surface area contributed by atoms with Crippen molar-refractivity contribution in [2.24, 2.45) is 0 Å². The molecule has 0 fully saturated rings. The van der Waals surface area contributed by atoms with E-state index in [4.69, 9.17) is 0 Å². The summed E-state index contributed by atoms with van der Waals surface area (Å²) in [5.74, 6) is -0.251. The molecule has 0 aliphatic heterocycles. The van der Waals surface area contributed by atoms with Crippen LogP contribution in [0.2, 0.25) is 0 Å². The number of benzene rings is 1. The summed E-state index contributed by atoms with van der Waals surface area (Å²) >= 11 is 1.41. The van der Waals surface area contributed by atoms with E-state index in [0.29, 0.717) is 16.1 Å². The third kappa shape index (κ3) is 2.77. The Kier molecular flexibility index (Phi) is 4.10. The molecule has 0 spiro atoms. The van der Waals surface area contributed by atoms with Crippen LogP contribution in [0.25, 0.3) is 5.69 Å². The van der Waals surface area contributed by atoms with E-state index in [2.05, 4.69) is 26.9 Å². The van der Waals surface area contributed by atoms with Gasteiger partial charge in [-0.3, -0.25) is 4.79 Å². The van der Waals surface area contributed by atoms with Gasteiger partial charge >= 0.3 is 0 Å². The maximum absolute atomic E-state index is 12.5. The van der Waals surface area contributed by atoms with Crippen LogP contribution in [0.3, 0.4) is 0 Å². The highest BCUT2D eigenvalue weighted by atomic mass is 32.1. The predicted octanol–water partition coefficient (Wildman–Crippen LogP) is 2.77. The van der Waals surface area contributed by atoms with E-state index in [-0.39, 0.29) is 5.91 Å². The number of carbonyl (C=O) groups excluding carboxylic acids is 1. The highest BCUT2D eigenvalue weighted by molar-refractivity contribution is 7.16. The van der Waals surface area contributed by atoms with Crippen LogP contribution in [0.15, 0.2) is 24.5 Å². The number of thiophene rings is 1. The Bertz CT molecular complexity index is 952. The van der Waals surface area contributed by atoms with Gasteiger partial charge in [-0.05, 0) is 60.5 Å². The fourth-order valence-electron chi connectivity index (χ4n) is 2.35. The average Bonchev–Trinajstić information content (AvgIpc) is 3.17. The van der Waals surface area contributed by atoms with Gasteiger partial charge in [-0.2, -0.15) is 5.26 Å². The molecular formula is C16H14N6OS. The van der Waals surface area contributed by atoms with E-state index < -0.39 is 0 Å². The number of rotatable bonds is 3. The van der Waals surface area contributed by atoms with E-state index >= 15 is 0 Å². The summed E-state index contributed by atoms with van der Waals surface area (Å²) in [7, 11) is 0. The smallest absolute Gasteiger partial charge is 0.256 e. The first kappa shape index (κ1) is 15.8. The van der Waals surface area contributed by atoms with E-state index in [9.17, 15) is 10.1 Å². The number of nitriles is 1. The Morgan fingerprint density at radius 3 is 2.75 bits per heavy atom. The number of aryl methyl sites for hydroxylation is 2. The number of tetrazole rings is 1. The van der Waals surface area contributed by atoms with Crippen molar-refractivity contribution in [3.63, 3.8) is 0 Å². The first-order valence-corrected chi connectivity index (χ1v) is 7.98. The zero-order valence-electron chi connectivity index (χ0n) is 13.4. The van der Waals surface area contributed by atoms with Crippen molar-refractivity contribution in [3.8, 4) is 11.8 Å². The van der Waals surface area contributed by atoms with Gasteiger partial charge in [-0.15, -0.1) is 16.4 Å². The number of nitrogens with one attached hydrogen (secondary N) is 1. The SMILES string of the molecule is Cc1cc(C(=O)Nc2sc(C)c(C)c2C#N)ccc1-n1cnnn1. The summed E-state index contributed by atoms with van der Waals surface area (Å²) in [6.07, 6.45) is 1.50. The fourth-order valence-corrected chi connectivity index (χ4v) is 3.36. The van der Waals surface area contributed by atoms with Crippen molar-refractivity contribution in [1.82, 2.24) is 20.2 Å². The van der Waals surface area contributed by atoms with Crippen molar-refractivity contribution in [2.75, 3.05) is 5.32 Å². The Balaban J connectivity index is 1.88. The Hall–Kier alpha value is -3.05. The third-order valence-electron chi connectivity index (χ3n) is 3.78. The molecule has 0 bridgehead atoms. The van der Waals surface area contributed by atoms with E-state index in [1.54, 1.807) is 18.2 Å². The second kappa shape index (κ2) is 6.22. The molecule has 1 N–H and O–H groups in total. The lowest BCUT2D eigenvalue weighted by Crippen LogP contribution is -2.12. The molecule has 0 saturated carbocycles. The Labute approximate surface area is 142 Å². The van der Waals surface area contributed by atoms with Crippen LogP contribution >= 0.6 is 11.3 Å². The summed E-state index contributed by atoms with van der Waals surface area (Å²) in [5.41, 5.74) is 3.61. The Morgan fingerprint density at radius 1 is 1.33 bits per heavy atom. The van der Waals surface area contributed by atoms with Gasteiger partial charge in [0.15, 0.2) is 0 Å². The molecule has 3 rings (SSSR count). The van der Waals surface area contributed by atoms with Crippen LogP contribution in [-0.2, 0) is 0 Å². The molecule has 0 saturated heterocycles. The van der Waals surface area contributed by atoms with Crippen LogP contribution in [0.5, 0.6) is 0 Å². The minimum absolute atomic E-state index is 0.251. The van der Waals surface area contributed by atoms with Crippen LogP contribution in [0, 0.1) is 32.1 Å². The number of amides is 1. The molecule has 1 amide bonds. The van der Waals surface area contributed by atoms with Gasteiger partial charge in [0, 0.05) is 10.4 Å². The topological polar surface area (TPSA) is 96.5 Å². The lowest BCUT2D eigenvalue weighted by molar-refractivity contribution is 0.102. The number of nitrogens with zero attached hydrogens (tertiary/aromatic N) is 5. The molecule has 2 aromatic heterocycles. The normalized spacial score (nSPS) is 10.4. The molecule has 7 nitrogen and oxygen atoms in total. The lowest BCUT2D eigenvalue weighted by Gasteiger charge is -2.08. The summed E-state index contributed by atoms with van der Waals surface area (Å²) in [4.78, 5) is 13.5. The van der Waals surface area contributed by atoms with Gasteiger partial charge in [-0.1, -0.05) is 0 Å². The minimum Gasteiger partial charge on any atom is -0.312 e. The zero-order chi connectivity index (χ0) is 17.3. The number of hydrogen-bond donors (Lipinski definition) is 1. The largest absolute Gasteiger partial charge is 0.312 e. The summed E-state index contributed by atoms with van der Waals surface area (Å²) in [6.45, 7) is 5.70. The van der Waals surface area contributed by atoms with Crippen molar-refractivity contribution < 1.29 is 4.79 Å². The summed E-state index contributed by atoms with van der Waals surface area (Å²) < 4.78 is 1.54. The standard InChI is InChI=1S/C16H14N6OS/c1-9-6-12(4-5-14(9)22-8-18-20-21-22)15(23)19-16-13(7-17)10(2)11(3)24-16/h4-6,8H,1-3H3,(H,19,23). The second-order valence-corrected chi connectivity index (χ2v) is 6.53. The Morgan fingerprint density at radius 2 is 2.12 bits per heavy atom. The van der Waals surface area contributed by atoms with Gasteiger partial charge in [0.25, 0.3) is 5.91 Å². The molecule has 24 heavy (non-hydrogen) atoms. The molecular weight excluding hydrogens is 324 g/mol. The highest BCUT2D eigenvalue weighted by Crippen LogP contribution is 2.32. The van der Waals surface area contributed by atoms with Gasteiger partial charge in [0.2, 0.25) is 0 Å². The molecule has 1 aromatic carbocycles. The monoisotopic (exact) mass is 338 g/mol. The van der Waals surface area contributed by atoms with Crippen molar-refractivity contribution >= 4 is 22.2 Å². The van der Waals surface area contributed by atoms with Crippen LogP contribution < -0.4 is 5.32 Å². The van der Waals surface area contributed by atoms with Gasteiger partial charge in [-0.25, -0.2) is 4.68 Å². The van der Waals surface area contributed by atoms with Gasteiger partial charge in [0.1, 0.15) is 17.4 Å². The number of aromatic nitrogens is 4. The quantitative estimate of drug-likeness (QED) is 0.792. The first-order valence-electron chi connectivity index (χ1n) is 7.16. The van der Waals surface area contributed by atoms with Crippen LogP contribution in [0.1, 0.15) is 31.9 Å². The van der Waals surface area contributed by atoms with E-state index in [1.807, 2.05) is 20.8 Å². The van der Waals surface area contributed by atoms with Crippen molar-refractivity contribution in [2.45, 2.75) is 20.8 Å². The third-order valence-corrected chi connectivity index (χ3v) is 4.90. The molecule has 0 aliphatic carbocycles. The molecule has 2 heterocycles. The molecule has 0 aliphatic rings. The van der Waals surface area contributed by atoms with Crippen LogP contribution in [-0.4, -0.2) is 26.1 Å². The molecule has 120 valence electrons.